The number of nitrogens with one attached hydrogen (secondary N) is 1. The molecule has 0 radical (unpaired) electrons. The van der Waals surface area contributed by atoms with E-state index in [1.165, 1.54) is 47.9 Å². The topological polar surface area (TPSA) is 28.2 Å². The van der Waals surface area contributed by atoms with Gasteiger partial charge in [0, 0.05) is 25.0 Å². The monoisotopic (exact) mass is 309 g/mol. The number of aromatic nitrogens is 1. The van der Waals surface area contributed by atoms with Crippen LogP contribution in [-0.2, 0) is 13.0 Å². The van der Waals surface area contributed by atoms with Gasteiger partial charge in [0.1, 0.15) is 0 Å². The maximum Gasteiger partial charge on any atom is 0.185 e. The zero-order chi connectivity index (χ0) is 15.2. The normalized spacial score (nSPS) is 15.5. The van der Waals surface area contributed by atoms with Gasteiger partial charge in [-0.05, 0) is 37.6 Å². The highest BCUT2D eigenvalue weighted by molar-refractivity contribution is 7.15. The second-order valence-corrected chi connectivity index (χ2v) is 7.88. The first-order valence-corrected chi connectivity index (χ1v) is 9.32. The molecular formula is C17H31N3S. The van der Waals surface area contributed by atoms with E-state index in [-0.39, 0.29) is 0 Å². The quantitative estimate of drug-likeness (QED) is 0.745. The van der Waals surface area contributed by atoms with E-state index in [1.807, 2.05) is 11.3 Å². The lowest BCUT2D eigenvalue weighted by Crippen LogP contribution is -2.29. The van der Waals surface area contributed by atoms with Gasteiger partial charge >= 0.3 is 0 Å². The fourth-order valence-corrected chi connectivity index (χ4v) is 3.76. The standard InChI is InChI=1S/C17H31N3S/c1-5-7-15-16(11-18-10-13(2)3)21-17(19-15)20(4)12-14-8-6-9-14/h13-14,18H,5-12H2,1-4H3. The van der Waals surface area contributed by atoms with Gasteiger partial charge in [-0.3, -0.25) is 0 Å². The average molecular weight is 310 g/mol. The zero-order valence-corrected chi connectivity index (χ0v) is 14.9. The summed E-state index contributed by atoms with van der Waals surface area (Å²) in [4.78, 5) is 8.73. The molecule has 21 heavy (non-hydrogen) atoms. The molecule has 120 valence electrons. The van der Waals surface area contributed by atoms with Crippen molar-refractivity contribution in [2.24, 2.45) is 11.8 Å². The van der Waals surface area contributed by atoms with Crippen LogP contribution >= 0.6 is 11.3 Å². The summed E-state index contributed by atoms with van der Waals surface area (Å²) in [5, 5.41) is 4.78. The molecule has 4 heteroatoms. The minimum absolute atomic E-state index is 0.702. The molecule has 1 aromatic rings. The van der Waals surface area contributed by atoms with Gasteiger partial charge in [0.05, 0.1) is 5.69 Å². The molecule has 0 aliphatic heterocycles. The maximum atomic E-state index is 4.91. The van der Waals surface area contributed by atoms with E-state index in [0.29, 0.717) is 5.92 Å². The van der Waals surface area contributed by atoms with Gasteiger partial charge in [-0.2, -0.15) is 0 Å². The molecule has 2 rings (SSSR count). The third kappa shape index (κ3) is 4.96. The molecule has 3 nitrogen and oxygen atoms in total. The average Bonchev–Trinajstić information content (AvgIpc) is 2.77. The summed E-state index contributed by atoms with van der Waals surface area (Å²) in [6.07, 6.45) is 6.50. The maximum absolute atomic E-state index is 4.91. The predicted octanol–water partition coefficient (Wildman–Crippen LogP) is 4.08. The highest BCUT2D eigenvalue weighted by Gasteiger charge is 2.21. The first-order valence-electron chi connectivity index (χ1n) is 8.50. The molecule has 1 heterocycles. The molecule has 1 aromatic heterocycles. The second-order valence-electron chi connectivity index (χ2n) is 6.82. The summed E-state index contributed by atoms with van der Waals surface area (Å²) in [7, 11) is 2.21. The van der Waals surface area contributed by atoms with Crippen LogP contribution in [0.4, 0.5) is 5.13 Å². The Kier molecular flexibility index (Phi) is 6.49. The van der Waals surface area contributed by atoms with Crippen molar-refractivity contribution in [1.82, 2.24) is 10.3 Å². The van der Waals surface area contributed by atoms with Crippen molar-refractivity contribution in [3.8, 4) is 0 Å². The smallest absolute Gasteiger partial charge is 0.185 e. The van der Waals surface area contributed by atoms with Gasteiger partial charge in [0.15, 0.2) is 5.13 Å². The van der Waals surface area contributed by atoms with Crippen molar-refractivity contribution in [3.05, 3.63) is 10.6 Å². The zero-order valence-electron chi connectivity index (χ0n) is 14.1. The Morgan fingerprint density at radius 2 is 2.14 bits per heavy atom. The third-order valence-corrected chi connectivity index (χ3v) is 5.39. The van der Waals surface area contributed by atoms with Crippen molar-refractivity contribution < 1.29 is 0 Å². The largest absolute Gasteiger partial charge is 0.351 e. The van der Waals surface area contributed by atoms with Gasteiger partial charge < -0.3 is 10.2 Å². The predicted molar refractivity (Wildman–Crippen MR) is 93.3 cm³/mol. The second kappa shape index (κ2) is 8.14. The van der Waals surface area contributed by atoms with Crippen LogP contribution in [0.1, 0.15) is 57.0 Å². The molecule has 0 bridgehead atoms. The van der Waals surface area contributed by atoms with Crippen LogP contribution in [0, 0.1) is 11.8 Å². The highest BCUT2D eigenvalue weighted by Crippen LogP contribution is 2.31. The molecule has 1 aliphatic rings. The van der Waals surface area contributed by atoms with Crippen LogP contribution in [0.3, 0.4) is 0 Å². The molecule has 0 spiro atoms. The lowest BCUT2D eigenvalue weighted by Gasteiger charge is -2.29. The van der Waals surface area contributed by atoms with Crippen LogP contribution < -0.4 is 10.2 Å². The van der Waals surface area contributed by atoms with E-state index in [4.69, 9.17) is 4.98 Å². The molecule has 1 fully saturated rings. The SMILES string of the molecule is CCCc1nc(N(C)CC2CCC2)sc1CNCC(C)C. The van der Waals surface area contributed by atoms with Crippen molar-refractivity contribution in [1.29, 1.82) is 0 Å². The van der Waals surface area contributed by atoms with E-state index < -0.39 is 0 Å². The number of hydrogen-bond acceptors (Lipinski definition) is 4. The van der Waals surface area contributed by atoms with Gasteiger partial charge in [0.25, 0.3) is 0 Å². The molecule has 0 unspecified atom stereocenters. The lowest BCUT2D eigenvalue weighted by molar-refractivity contribution is 0.321. The van der Waals surface area contributed by atoms with Gasteiger partial charge in [-0.15, -0.1) is 11.3 Å². The van der Waals surface area contributed by atoms with Crippen LogP contribution in [0.5, 0.6) is 0 Å². The van der Waals surface area contributed by atoms with E-state index in [1.54, 1.807) is 0 Å². The Hall–Kier alpha value is -0.610. The summed E-state index contributed by atoms with van der Waals surface area (Å²) < 4.78 is 0. The molecule has 0 atom stereocenters. The number of rotatable bonds is 9. The summed E-state index contributed by atoms with van der Waals surface area (Å²) in [6.45, 7) is 9.98. The van der Waals surface area contributed by atoms with Crippen LogP contribution in [0.15, 0.2) is 0 Å². The van der Waals surface area contributed by atoms with E-state index >= 15 is 0 Å². The molecule has 0 saturated heterocycles. The van der Waals surface area contributed by atoms with Gasteiger partial charge in [-0.25, -0.2) is 4.98 Å². The van der Waals surface area contributed by atoms with Crippen molar-refractivity contribution >= 4 is 16.5 Å². The van der Waals surface area contributed by atoms with Crippen molar-refractivity contribution in [2.45, 2.75) is 59.4 Å². The molecule has 1 aliphatic carbocycles. The first-order chi connectivity index (χ1) is 10.1. The molecule has 0 amide bonds. The number of anilines is 1. The molecule has 1 N–H and O–H groups in total. The summed E-state index contributed by atoms with van der Waals surface area (Å²) in [5.41, 5.74) is 1.31. The number of aryl methyl sites for hydroxylation is 1. The fourth-order valence-electron chi connectivity index (χ4n) is 2.72. The van der Waals surface area contributed by atoms with Crippen molar-refractivity contribution in [2.75, 3.05) is 25.0 Å². The number of thiazole rings is 1. The minimum Gasteiger partial charge on any atom is -0.351 e. The van der Waals surface area contributed by atoms with Gasteiger partial charge in [-0.1, -0.05) is 33.6 Å². The Bertz CT molecular complexity index is 424. The van der Waals surface area contributed by atoms with Crippen molar-refractivity contribution in [3.63, 3.8) is 0 Å². The first kappa shape index (κ1) is 16.8. The van der Waals surface area contributed by atoms with Crippen LogP contribution in [0.2, 0.25) is 0 Å². The third-order valence-electron chi connectivity index (χ3n) is 4.18. The van der Waals surface area contributed by atoms with Crippen LogP contribution in [-0.4, -0.2) is 25.1 Å². The summed E-state index contributed by atoms with van der Waals surface area (Å²) >= 11 is 1.89. The fraction of sp³-hybridized carbons (Fsp3) is 0.824. The number of nitrogens with zero attached hydrogens (tertiary/aromatic N) is 2. The van der Waals surface area contributed by atoms with E-state index in [2.05, 4.69) is 38.0 Å². The van der Waals surface area contributed by atoms with E-state index in [0.717, 1.165) is 25.4 Å². The molecular weight excluding hydrogens is 278 g/mol. The van der Waals surface area contributed by atoms with Gasteiger partial charge in [0.2, 0.25) is 0 Å². The molecule has 1 saturated carbocycles. The number of hydrogen-bond donors (Lipinski definition) is 1. The Morgan fingerprint density at radius 1 is 1.38 bits per heavy atom. The molecule has 0 aromatic carbocycles. The summed E-state index contributed by atoms with van der Waals surface area (Å²) in [5.74, 6) is 1.60. The Morgan fingerprint density at radius 3 is 2.71 bits per heavy atom. The lowest BCUT2D eigenvalue weighted by atomic mass is 9.85. The minimum atomic E-state index is 0.702. The summed E-state index contributed by atoms with van der Waals surface area (Å²) in [6, 6.07) is 0. The van der Waals surface area contributed by atoms with Crippen LogP contribution in [0.25, 0.3) is 0 Å². The Balaban J connectivity index is 1.97. The van der Waals surface area contributed by atoms with E-state index in [9.17, 15) is 0 Å². The highest BCUT2D eigenvalue weighted by atomic mass is 32.1. The Labute approximate surface area is 134 Å².